The molecule has 0 spiro atoms. The third kappa shape index (κ3) is 15.9. The van der Waals surface area contributed by atoms with Crippen molar-refractivity contribution < 1.29 is 9.47 Å². The van der Waals surface area contributed by atoms with Crippen LogP contribution >= 0.6 is 114 Å². The Balaban J connectivity index is 0.819. The van der Waals surface area contributed by atoms with Crippen molar-refractivity contribution in [2.45, 2.75) is 179 Å². The smallest absolute Gasteiger partial charge is 0.126 e. The minimum atomic E-state index is 0.852. The maximum atomic E-state index is 6.33. The average molecular weight is 1330 g/mol. The van der Waals surface area contributed by atoms with E-state index in [-0.39, 0.29) is 0 Å². The van der Waals surface area contributed by atoms with E-state index in [1.54, 1.807) is 0 Å². The van der Waals surface area contributed by atoms with Gasteiger partial charge in [-0.3, -0.25) is 0 Å². The van der Waals surface area contributed by atoms with Crippen molar-refractivity contribution in [3.63, 3.8) is 0 Å². The molecule has 10 aromatic rings. The Kier molecular flexibility index (Phi) is 23.7. The van der Waals surface area contributed by atoms with E-state index in [2.05, 4.69) is 137 Å². The molecule has 0 N–H and O–H groups in total. The van der Waals surface area contributed by atoms with Gasteiger partial charge in [-0.2, -0.15) is 23.5 Å². The van der Waals surface area contributed by atoms with Crippen molar-refractivity contribution in [2.24, 2.45) is 0 Å². The molecule has 4 bridgehead atoms. The van der Waals surface area contributed by atoms with Crippen molar-refractivity contribution in [3.05, 3.63) is 152 Å². The zero-order valence-electron chi connectivity index (χ0n) is 51.3. The van der Waals surface area contributed by atoms with E-state index in [9.17, 15) is 0 Å². The van der Waals surface area contributed by atoms with Crippen molar-refractivity contribution in [1.29, 1.82) is 0 Å². The number of thiophene rings is 8. The molecule has 8 aromatic heterocycles. The molecule has 9 heterocycles. The summed E-state index contributed by atoms with van der Waals surface area (Å²) in [7, 11) is 3.72. The molecule has 1 aliphatic rings. The predicted molar refractivity (Wildman–Crippen MR) is 394 cm³/mol. The van der Waals surface area contributed by atoms with Gasteiger partial charge in [0, 0.05) is 123 Å². The van der Waals surface area contributed by atoms with Gasteiger partial charge < -0.3 is 9.47 Å². The highest BCUT2D eigenvalue weighted by Gasteiger charge is 2.23. The van der Waals surface area contributed by atoms with Gasteiger partial charge in [-0.25, -0.2) is 0 Å². The van der Waals surface area contributed by atoms with Crippen LogP contribution in [0.4, 0.5) is 0 Å². The fourth-order valence-corrected chi connectivity index (χ4v) is 22.9. The van der Waals surface area contributed by atoms with Gasteiger partial charge in [-0.05, 0) is 183 Å². The lowest BCUT2D eigenvalue weighted by Gasteiger charge is -2.19. The number of benzene rings is 2. The van der Waals surface area contributed by atoms with Gasteiger partial charge in [0.25, 0.3) is 0 Å². The summed E-state index contributed by atoms with van der Waals surface area (Å²) in [5.41, 5.74) is 10.7. The van der Waals surface area contributed by atoms with E-state index in [1.807, 2.05) is 128 Å². The molecule has 0 unspecified atom stereocenters. The Morgan fingerprint density at radius 2 is 0.593 bits per heavy atom. The molecule has 1 aliphatic heterocycles. The van der Waals surface area contributed by atoms with Crippen LogP contribution in [0.25, 0.3) is 79.4 Å². The second kappa shape index (κ2) is 31.9. The molecule has 0 fully saturated rings. The first-order valence-electron chi connectivity index (χ1n) is 31.7. The van der Waals surface area contributed by atoms with Crippen LogP contribution in [0, 0.1) is 0 Å². The monoisotopic (exact) mass is 1320 g/mol. The summed E-state index contributed by atoms with van der Waals surface area (Å²) in [5.74, 6) is 5.49. The van der Waals surface area contributed by atoms with Crippen molar-refractivity contribution in [2.75, 3.05) is 14.2 Å². The summed E-state index contributed by atoms with van der Waals surface area (Å²) < 4.78 is 12.7. The van der Waals surface area contributed by atoms with E-state index in [1.165, 1.54) is 238 Å². The molecule has 0 atom stereocenters. The van der Waals surface area contributed by atoms with Gasteiger partial charge >= 0.3 is 0 Å². The quantitative estimate of drug-likeness (QED) is 0.0418. The zero-order valence-corrected chi connectivity index (χ0v) is 59.4. The van der Waals surface area contributed by atoms with Gasteiger partial charge in [0.15, 0.2) is 0 Å². The van der Waals surface area contributed by atoms with Gasteiger partial charge in [-0.1, -0.05) is 105 Å². The summed E-state index contributed by atoms with van der Waals surface area (Å²) >= 11 is 19.8. The molecule has 0 saturated heterocycles. The van der Waals surface area contributed by atoms with Crippen LogP contribution in [0.2, 0.25) is 0 Å². The fourth-order valence-electron chi connectivity index (χ4n) is 11.8. The minimum absolute atomic E-state index is 0.852. The average Bonchev–Trinajstić information content (AvgIpc) is 3.24. The Morgan fingerprint density at radius 3 is 0.953 bits per heavy atom. The lowest BCUT2D eigenvalue weighted by Crippen LogP contribution is -2.01. The molecule has 86 heavy (non-hydrogen) atoms. The van der Waals surface area contributed by atoms with Crippen LogP contribution in [0.3, 0.4) is 0 Å². The number of hydrogen-bond donors (Lipinski definition) is 0. The van der Waals surface area contributed by atoms with E-state index in [0.29, 0.717) is 0 Å². The van der Waals surface area contributed by atoms with Gasteiger partial charge in [-0.15, -0.1) is 90.7 Å². The highest BCUT2D eigenvalue weighted by Crippen LogP contribution is 2.51. The number of thioether (sulfide) groups is 2. The van der Waals surface area contributed by atoms with Gasteiger partial charge in [0.2, 0.25) is 0 Å². The second-order valence-corrected chi connectivity index (χ2v) is 33.7. The summed E-state index contributed by atoms with van der Waals surface area (Å²) in [6, 6.07) is 43.3. The van der Waals surface area contributed by atoms with Crippen molar-refractivity contribution in [3.8, 4) is 90.9 Å². The highest BCUT2D eigenvalue weighted by molar-refractivity contribution is 7.98. The molecule has 12 heteroatoms. The van der Waals surface area contributed by atoms with Crippen LogP contribution in [-0.2, 0) is 48.7 Å². The SMILES string of the molecule is CCCCCCc1ccc(-c2ccc(-c3cc(CCCCCC)c(-c4ccc(-c5cc6c(OC)c(c5)CSCc5cc(-c7ccc(-c8sc(-c9ccc(-c%10ccc(CCCCCC)s%10)s9)cc8CCCCCC)s7)cc(c5OC)CSC6)s4)s3)s2)s1. The van der Waals surface area contributed by atoms with E-state index >= 15 is 0 Å². The first-order chi connectivity index (χ1) is 42.3. The number of methoxy groups -OCH3 is 2. The third-order valence-electron chi connectivity index (χ3n) is 16.4. The Bertz CT molecular complexity index is 3450. The number of ether oxygens (including phenoxy) is 2. The summed E-state index contributed by atoms with van der Waals surface area (Å²) in [6.07, 6.45) is 25.3. The number of fused-ring (bicyclic) bond motifs is 4. The molecular weight excluding hydrogens is 1240 g/mol. The maximum absolute atomic E-state index is 6.33. The van der Waals surface area contributed by atoms with Crippen LogP contribution in [-0.4, -0.2) is 14.2 Å². The normalized spacial score (nSPS) is 12.7. The lowest BCUT2D eigenvalue weighted by molar-refractivity contribution is 0.407. The molecule has 2 nitrogen and oxygen atoms in total. The van der Waals surface area contributed by atoms with Crippen LogP contribution in [0.15, 0.2) is 109 Å². The predicted octanol–water partition coefficient (Wildman–Crippen LogP) is 27.2. The zero-order chi connectivity index (χ0) is 59.2. The van der Waals surface area contributed by atoms with Gasteiger partial charge in [0.1, 0.15) is 11.5 Å². The number of hydrogen-bond acceptors (Lipinski definition) is 12. The van der Waals surface area contributed by atoms with Crippen LogP contribution in [0.5, 0.6) is 11.5 Å². The molecule has 452 valence electrons. The van der Waals surface area contributed by atoms with E-state index in [4.69, 9.17) is 9.47 Å². The number of unbranched alkanes of at least 4 members (excludes halogenated alkanes) is 12. The first-order valence-corrected chi connectivity index (χ1v) is 40.6. The first kappa shape index (κ1) is 63.9. The molecule has 2 aromatic carbocycles. The third-order valence-corrected chi connectivity index (χ3v) is 28.7. The summed E-state index contributed by atoms with van der Waals surface area (Å²) in [6.45, 7) is 9.21. The Morgan fingerprint density at radius 1 is 0.291 bits per heavy atom. The maximum Gasteiger partial charge on any atom is 0.126 e. The molecule has 0 amide bonds. The highest BCUT2D eigenvalue weighted by atomic mass is 32.2. The largest absolute Gasteiger partial charge is 0.496 e. The number of aryl methyl sites for hydroxylation is 4. The molecular formula is C74H84O2S10. The molecule has 0 radical (unpaired) electrons. The summed E-state index contributed by atoms with van der Waals surface area (Å²) in [4.78, 5) is 22.6. The van der Waals surface area contributed by atoms with E-state index < -0.39 is 0 Å². The molecule has 11 rings (SSSR count). The topological polar surface area (TPSA) is 18.5 Å². The van der Waals surface area contributed by atoms with Crippen LogP contribution < -0.4 is 9.47 Å². The minimum Gasteiger partial charge on any atom is -0.496 e. The number of rotatable bonds is 30. The Labute approximate surface area is 554 Å². The van der Waals surface area contributed by atoms with Crippen LogP contribution in [0.1, 0.15) is 174 Å². The van der Waals surface area contributed by atoms with Gasteiger partial charge in [0.05, 0.1) is 14.2 Å². The Hall–Kier alpha value is -3.66. The lowest BCUT2D eigenvalue weighted by atomic mass is 10.0. The standard InChI is InChI=1S/C74H84O2S10/c1-7-11-15-19-23-49-43-69(65-35-33-63(83-65)61-29-27-57(79-61)25-21-17-13-9-3)85-73(49)67-37-31-59(81-67)51-39-53-45-77-47-55-41-52(42-56(72(55)76-6)48-78-46-54(40-51)71(53)75-5)60-32-38-68(82-60)74-50(24-20-16-12-8-2)44-70(86-74)66-36-34-64(84-66)62-30-28-58(80-62)26-22-18-14-10-4/h27-44H,7-26,45-48H2,1-6H3. The van der Waals surface area contributed by atoms with Crippen molar-refractivity contribution in [1.82, 2.24) is 0 Å². The van der Waals surface area contributed by atoms with Crippen molar-refractivity contribution >= 4 is 114 Å². The fraction of sp³-hybridized carbons (Fsp3) is 0.405. The second-order valence-electron chi connectivity index (χ2n) is 23.0. The molecule has 0 saturated carbocycles. The molecule has 0 aliphatic carbocycles. The van der Waals surface area contributed by atoms with E-state index in [0.717, 1.165) is 47.4 Å². The summed E-state index contributed by atoms with van der Waals surface area (Å²) in [5, 5.41) is 0.